The van der Waals surface area contributed by atoms with E-state index < -0.39 is 10.8 Å². The normalized spacial score (nSPS) is 21.7. The van der Waals surface area contributed by atoms with Crippen LogP contribution >= 0.6 is 0 Å². The van der Waals surface area contributed by atoms with Crippen LogP contribution in [0.15, 0.2) is 12.1 Å². The van der Waals surface area contributed by atoms with Gasteiger partial charge in [0, 0.05) is 17.9 Å². The number of hydrogen-bond acceptors (Lipinski definition) is 4. The van der Waals surface area contributed by atoms with Gasteiger partial charge in [-0.25, -0.2) is 0 Å². The molecule has 0 radical (unpaired) electrons. The maximum atomic E-state index is 12.5. The third-order valence-electron chi connectivity index (χ3n) is 4.16. The van der Waals surface area contributed by atoms with E-state index in [1.807, 2.05) is 6.92 Å². The molecule has 1 aliphatic rings. The van der Waals surface area contributed by atoms with Crippen LogP contribution in [-0.4, -0.2) is 17.0 Å². The summed E-state index contributed by atoms with van der Waals surface area (Å²) in [6, 6.07) is 3.02. The lowest BCUT2D eigenvalue weighted by atomic mass is 9.87. The van der Waals surface area contributed by atoms with Gasteiger partial charge in [-0.3, -0.25) is 14.9 Å². The molecule has 1 fully saturated rings. The molecule has 1 aliphatic carbocycles. The van der Waals surface area contributed by atoms with Crippen molar-refractivity contribution in [1.82, 2.24) is 0 Å². The number of nitro groups is 1. The first-order chi connectivity index (χ1) is 9.45. The van der Waals surface area contributed by atoms with Crippen molar-refractivity contribution < 1.29 is 14.5 Å². The first kappa shape index (κ1) is 14.4. The molecule has 0 saturated heterocycles. The van der Waals surface area contributed by atoms with Crippen molar-refractivity contribution >= 4 is 17.8 Å². The van der Waals surface area contributed by atoms with Gasteiger partial charge in [0.1, 0.15) is 6.29 Å². The van der Waals surface area contributed by atoms with Gasteiger partial charge in [0.2, 0.25) is 0 Å². The van der Waals surface area contributed by atoms with Crippen LogP contribution in [0.25, 0.3) is 0 Å². The molecule has 0 spiro atoms. The van der Waals surface area contributed by atoms with Gasteiger partial charge in [0.25, 0.3) is 5.69 Å². The summed E-state index contributed by atoms with van der Waals surface area (Å²) in [4.78, 5) is 34.2. The molecule has 5 nitrogen and oxygen atoms in total. The number of carbonyl (C=O) groups is 2. The molecule has 1 unspecified atom stereocenters. The number of carbonyl (C=O) groups excluding carboxylic acids is 2. The molecule has 0 N–H and O–H groups in total. The van der Waals surface area contributed by atoms with E-state index in [0.29, 0.717) is 12.8 Å². The highest BCUT2D eigenvalue weighted by atomic mass is 16.6. The largest absolute Gasteiger partial charge is 0.303 e. The van der Waals surface area contributed by atoms with E-state index in [1.165, 1.54) is 6.07 Å². The Hall–Kier alpha value is -2.04. The van der Waals surface area contributed by atoms with Crippen LogP contribution in [-0.2, 0) is 4.79 Å². The maximum absolute atomic E-state index is 12.5. The van der Waals surface area contributed by atoms with Gasteiger partial charge >= 0.3 is 0 Å². The minimum atomic E-state index is -0.523. The molecule has 1 aromatic carbocycles. The van der Waals surface area contributed by atoms with Crippen LogP contribution in [0.4, 0.5) is 5.69 Å². The zero-order valence-electron chi connectivity index (χ0n) is 11.6. The van der Waals surface area contributed by atoms with Crippen molar-refractivity contribution in [3.8, 4) is 0 Å². The highest BCUT2D eigenvalue weighted by Crippen LogP contribution is 2.35. The quantitative estimate of drug-likeness (QED) is 0.366. The molecular formula is C15H17NO4. The number of hydrogen-bond donors (Lipinski definition) is 0. The fourth-order valence-electron chi connectivity index (χ4n) is 2.83. The summed E-state index contributed by atoms with van der Waals surface area (Å²) < 4.78 is 0. The molecule has 1 saturated carbocycles. The van der Waals surface area contributed by atoms with Gasteiger partial charge in [-0.1, -0.05) is 6.42 Å². The van der Waals surface area contributed by atoms with E-state index >= 15 is 0 Å². The predicted octanol–water partition coefficient (Wildman–Crippen LogP) is 3.01. The zero-order valence-corrected chi connectivity index (χ0v) is 11.6. The van der Waals surface area contributed by atoms with Crippen LogP contribution in [0.5, 0.6) is 0 Å². The fourth-order valence-corrected chi connectivity index (χ4v) is 2.83. The first-order valence-corrected chi connectivity index (χ1v) is 6.71. The average Bonchev–Trinajstić information content (AvgIpc) is 2.88. The predicted molar refractivity (Wildman–Crippen MR) is 73.8 cm³/mol. The summed E-state index contributed by atoms with van der Waals surface area (Å²) in [5.41, 5.74) is 1.61. The number of Topliss-reactive ketones (excluding diaryl/α,β-unsaturated/α-hetero) is 1. The lowest BCUT2D eigenvalue weighted by Gasteiger charge is -2.14. The Kier molecular flexibility index (Phi) is 3.97. The topological polar surface area (TPSA) is 77.3 Å². The number of nitro benzene ring substituents is 1. The van der Waals surface area contributed by atoms with Crippen molar-refractivity contribution in [3.05, 3.63) is 38.9 Å². The van der Waals surface area contributed by atoms with Crippen LogP contribution in [0.2, 0.25) is 0 Å². The van der Waals surface area contributed by atoms with Crippen molar-refractivity contribution in [2.24, 2.45) is 11.8 Å². The lowest BCUT2D eigenvalue weighted by molar-refractivity contribution is -0.385. The molecule has 1 aromatic rings. The van der Waals surface area contributed by atoms with E-state index in [1.54, 1.807) is 13.0 Å². The summed E-state index contributed by atoms with van der Waals surface area (Å²) >= 11 is 0. The molecule has 0 aliphatic heterocycles. The van der Waals surface area contributed by atoms with E-state index in [4.69, 9.17) is 0 Å². The van der Waals surface area contributed by atoms with E-state index in [0.717, 1.165) is 23.8 Å². The number of aldehydes is 1. The second-order valence-corrected chi connectivity index (χ2v) is 5.41. The van der Waals surface area contributed by atoms with Gasteiger partial charge in [-0.05, 0) is 43.9 Å². The Morgan fingerprint density at radius 3 is 2.55 bits per heavy atom. The monoisotopic (exact) mass is 275 g/mol. The molecule has 20 heavy (non-hydrogen) atoms. The fraction of sp³-hybridized carbons (Fsp3) is 0.467. The first-order valence-electron chi connectivity index (χ1n) is 6.71. The van der Waals surface area contributed by atoms with E-state index in [-0.39, 0.29) is 23.0 Å². The van der Waals surface area contributed by atoms with Crippen molar-refractivity contribution in [3.63, 3.8) is 0 Å². The summed E-state index contributed by atoms with van der Waals surface area (Å²) in [5.74, 6) is -0.980. The average molecular weight is 275 g/mol. The Morgan fingerprint density at radius 2 is 1.95 bits per heavy atom. The van der Waals surface area contributed by atoms with E-state index in [9.17, 15) is 19.7 Å². The summed E-state index contributed by atoms with van der Waals surface area (Å²) in [6.07, 6.45) is 2.95. The third kappa shape index (κ3) is 2.48. The molecule has 2 atom stereocenters. The van der Waals surface area contributed by atoms with Gasteiger partial charge in [0.05, 0.1) is 10.5 Å². The van der Waals surface area contributed by atoms with E-state index in [2.05, 4.69) is 0 Å². The summed E-state index contributed by atoms with van der Waals surface area (Å²) in [5, 5.41) is 11.1. The molecule has 2 rings (SSSR count). The number of aryl methyl sites for hydroxylation is 2. The van der Waals surface area contributed by atoms with Gasteiger partial charge in [0.15, 0.2) is 5.78 Å². The SMILES string of the molecule is Cc1cc(C(=O)C2CCC[C@H]2C=O)c([N+](=O)[O-])cc1C. The highest BCUT2D eigenvalue weighted by molar-refractivity contribution is 6.03. The Labute approximate surface area is 117 Å². The maximum Gasteiger partial charge on any atom is 0.280 e. The van der Waals surface area contributed by atoms with Crippen molar-refractivity contribution in [2.75, 3.05) is 0 Å². The molecular weight excluding hydrogens is 258 g/mol. The van der Waals surface area contributed by atoms with Gasteiger partial charge < -0.3 is 4.79 Å². The van der Waals surface area contributed by atoms with Crippen LogP contribution < -0.4 is 0 Å². The highest BCUT2D eigenvalue weighted by Gasteiger charge is 2.36. The molecule has 0 heterocycles. The van der Waals surface area contributed by atoms with Crippen LogP contribution in [0, 0.1) is 35.8 Å². The van der Waals surface area contributed by atoms with Crippen molar-refractivity contribution in [2.45, 2.75) is 33.1 Å². The molecule has 5 heteroatoms. The minimum Gasteiger partial charge on any atom is -0.303 e. The molecule has 0 aromatic heterocycles. The lowest BCUT2D eigenvalue weighted by Crippen LogP contribution is -2.21. The second kappa shape index (κ2) is 5.53. The summed E-state index contributed by atoms with van der Waals surface area (Å²) in [7, 11) is 0. The number of benzene rings is 1. The minimum absolute atomic E-state index is 0.136. The number of nitrogens with zero attached hydrogens (tertiary/aromatic N) is 1. The van der Waals surface area contributed by atoms with Crippen LogP contribution in [0.1, 0.15) is 40.7 Å². The standard InChI is InChI=1S/C15H17NO4/c1-9-6-13(14(16(19)20)7-10(9)2)15(18)12-5-3-4-11(12)8-17/h6-8,11-12H,3-5H2,1-2H3/t11-,12?/m0/s1. The van der Waals surface area contributed by atoms with Gasteiger partial charge in [-0.15, -0.1) is 0 Å². The van der Waals surface area contributed by atoms with Gasteiger partial charge in [-0.2, -0.15) is 0 Å². The Morgan fingerprint density at radius 1 is 1.30 bits per heavy atom. The molecule has 0 bridgehead atoms. The smallest absolute Gasteiger partial charge is 0.280 e. The summed E-state index contributed by atoms with van der Waals surface area (Å²) in [6.45, 7) is 3.60. The molecule has 106 valence electrons. The molecule has 0 amide bonds. The van der Waals surface area contributed by atoms with Crippen LogP contribution in [0.3, 0.4) is 0 Å². The second-order valence-electron chi connectivity index (χ2n) is 5.41. The number of ketones is 1. The van der Waals surface area contributed by atoms with Crippen molar-refractivity contribution in [1.29, 1.82) is 0 Å². The Balaban J connectivity index is 2.46. The third-order valence-corrected chi connectivity index (χ3v) is 4.16. The Bertz CT molecular complexity index is 579. The number of rotatable bonds is 4. The zero-order chi connectivity index (χ0) is 14.9.